The Morgan fingerprint density at radius 1 is 0.786 bits per heavy atom. The summed E-state index contributed by atoms with van der Waals surface area (Å²) in [7, 11) is 1.64. The van der Waals surface area contributed by atoms with Crippen LogP contribution in [0.5, 0.6) is 11.5 Å². The highest BCUT2D eigenvalue weighted by Gasteiger charge is 2.40. The van der Waals surface area contributed by atoms with Gasteiger partial charge in [0.15, 0.2) is 11.5 Å². The van der Waals surface area contributed by atoms with Crippen LogP contribution in [0.1, 0.15) is 38.8 Å². The van der Waals surface area contributed by atoms with Crippen molar-refractivity contribution in [2.24, 2.45) is 0 Å². The third-order valence-corrected chi connectivity index (χ3v) is 8.08. The molecule has 0 aromatic heterocycles. The summed E-state index contributed by atoms with van der Waals surface area (Å²) < 4.78 is 12.9. The van der Waals surface area contributed by atoms with Crippen LogP contribution in [0, 0.1) is 6.92 Å². The number of hydrogen-bond acceptors (Lipinski definition) is 4. The number of amides is 1. The van der Waals surface area contributed by atoms with Gasteiger partial charge in [0.05, 0.1) is 22.8 Å². The van der Waals surface area contributed by atoms with E-state index in [-0.39, 0.29) is 5.91 Å². The van der Waals surface area contributed by atoms with E-state index in [4.69, 9.17) is 9.47 Å². The average Bonchev–Trinajstić information content (AvgIpc) is 3.03. The predicted molar refractivity (Wildman–Crippen MR) is 171 cm³/mol. The van der Waals surface area contributed by atoms with Crippen molar-refractivity contribution in [2.75, 3.05) is 16.9 Å². The molecule has 0 N–H and O–H groups in total. The van der Waals surface area contributed by atoms with E-state index in [1.165, 1.54) is 0 Å². The fraction of sp³-hybridized carbons (Fsp3) is 0.139. The van der Waals surface area contributed by atoms with Crippen LogP contribution in [0.3, 0.4) is 0 Å². The van der Waals surface area contributed by atoms with Crippen LogP contribution in [0.2, 0.25) is 0 Å². The van der Waals surface area contributed by atoms with Crippen LogP contribution in [-0.2, 0) is 13.2 Å². The molecule has 0 radical (unpaired) electrons. The van der Waals surface area contributed by atoms with Gasteiger partial charge in [0, 0.05) is 17.8 Å². The minimum Gasteiger partial charge on any atom is -0.493 e. The number of rotatable bonds is 8. The first-order chi connectivity index (χ1) is 20.5. The third kappa shape index (κ3) is 5.50. The summed E-state index contributed by atoms with van der Waals surface area (Å²) in [4.78, 5) is 18.5. The quantitative estimate of drug-likeness (QED) is 0.174. The molecule has 210 valence electrons. The van der Waals surface area contributed by atoms with Gasteiger partial charge in [0.25, 0.3) is 5.91 Å². The number of methoxy groups -OCH3 is 1. The Balaban J connectivity index is 1.50. The molecule has 1 aliphatic rings. The summed E-state index contributed by atoms with van der Waals surface area (Å²) in [5.41, 5.74) is 6.60. The van der Waals surface area contributed by atoms with Crippen molar-refractivity contribution in [3.05, 3.63) is 154 Å². The maximum absolute atomic E-state index is 14.3. The molecule has 6 rings (SSSR count). The minimum absolute atomic E-state index is 0.0525. The van der Waals surface area contributed by atoms with E-state index in [1.807, 2.05) is 121 Å². The molecule has 0 unspecified atom stereocenters. The number of fused-ring (bicyclic) bond motifs is 1. The molecule has 0 aliphatic carbocycles. The molecule has 6 heteroatoms. The largest absolute Gasteiger partial charge is 0.493 e. The highest BCUT2D eigenvalue weighted by atomic mass is 79.9. The number of ether oxygens (including phenoxy) is 2. The Bertz CT molecular complexity index is 1690. The maximum atomic E-state index is 14.3. The van der Waals surface area contributed by atoms with Gasteiger partial charge >= 0.3 is 0 Å². The Labute approximate surface area is 255 Å². The first-order valence-corrected chi connectivity index (χ1v) is 14.7. The number of para-hydroxylation sites is 1. The molecule has 0 spiro atoms. The summed E-state index contributed by atoms with van der Waals surface area (Å²) in [5.74, 6) is 1.15. The van der Waals surface area contributed by atoms with Gasteiger partial charge in [-0.3, -0.25) is 9.69 Å². The van der Waals surface area contributed by atoms with E-state index in [0.29, 0.717) is 30.2 Å². The fourth-order valence-corrected chi connectivity index (χ4v) is 5.99. The summed E-state index contributed by atoms with van der Waals surface area (Å²) >= 11 is 3.77. The van der Waals surface area contributed by atoms with E-state index in [1.54, 1.807) is 7.11 Å². The molecule has 5 aromatic rings. The highest BCUT2D eigenvalue weighted by molar-refractivity contribution is 9.10. The number of carbonyl (C=O) groups excluding carboxylic acids is 1. The maximum Gasteiger partial charge on any atom is 0.262 e. The summed E-state index contributed by atoms with van der Waals surface area (Å²) in [6, 6.07) is 40.3. The lowest BCUT2D eigenvalue weighted by Gasteiger charge is -2.46. The Morgan fingerprint density at radius 3 is 2.12 bits per heavy atom. The smallest absolute Gasteiger partial charge is 0.262 e. The molecule has 1 amide bonds. The number of carbonyl (C=O) groups is 1. The zero-order chi connectivity index (χ0) is 29.1. The van der Waals surface area contributed by atoms with Gasteiger partial charge in [0.2, 0.25) is 0 Å². The Morgan fingerprint density at radius 2 is 1.43 bits per heavy atom. The molecular weight excluding hydrogens is 588 g/mol. The van der Waals surface area contributed by atoms with E-state index >= 15 is 0 Å². The third-order valence-electron chi connectivity index (χ3n) is 7.49. The Kier molecular flexibility index (Phi) is 7.97. The molecule has 1 heterocycles. The van der Waals surface area contributed by atoms with Crippen molar-refractivity contribution in [3.63, 3.8) is 0 Å². The van der Waals surface area contributed by atoms with E-state index < -0.39 is 6.17 Å². The van der Waals surface area contributed by atoms with Crippen molar-refractivity contribution in [1.82, 2.24) is 0 Å². The summed E-state index contributed by atoms with van der Waals surface area (Å²) in [5, 5.41) is 0. The number of aryl methyl sites for hydroxylation is 1. The molecule has 0 saturated carbocycles. The second-order valence-corrected chi connectivity index (χ2v) is 11.2. The van der Waals surface area contributed by atoms with Gasteiger partial charge in [-0.15, -0.1) is 0 Å². The fourth-order valence-electron chi connectivity index (χ4n) is 5.42. The van der Waals surface area contributed by atoms with Gasteiger partial charge < -0.3 is 14.4 Å². The van der Waals surface area contributed by atoms with Crippen LogP contribution in [0.15, 0.2) is 126 Å². The van der Waals surface area contributed by atoms with Crippen molar-refractivity contribution < 1.29 is 14.3 Å². The van der Waals surface area contributed by atoms with Crippen LogP contribution in [0.4, 0.5) is 11.4 Å². The van der Waals surface area contributed by atoms with Gasteiger partial charge in [-0.1, -0.05) is 90.5 Å². The van der Waals surface area contributed by atoms with E-state index in [9.17, 15) is 4.79 Å². The molecule has 42 heavy (non-hydrogen) atoms. The standard InChI is InChI=1S/C36H31BrN2O3/c1-25-17-19-29(20-18-25)39-35(28-21-31(37)34(33(22-28)41-2)42-24-27-13-7-4-8-14-27)38(23-26-11-5-3-6-12-26)32-16-10-9-15-30(32)36(39)40/h3-22,35H,23-24H2,1-2H3/t35-/m0/s1. The lowest BCUT2D eigenvalue weighted by molar-refractivity contribution is 0.0968. The number of benzene rings is 5. The summed E-state index contributed by atoms with van der Waals surface area (Å²) in [6.07, 6.45) is -0.455. The second-order valence-electron chi connectivity index (χ2n) is 10.3. The lowest BCUT2D eigenvalue weighted by Crippen LogP contribution is -2.49. The van der Waals surface area contributed by atoms with Crippen molar-refractivity contribution in [3.8, 4) is 11.5 Å². The van der Waals surface area contributed by atoms with Gasteiger partial charge in [-0.05, 0) is 70.4 Å². The molecule has 1 aliphatic heterocycles. The van der Waals surface area contributed by atoms with Crippen LogP contribution in [0.25, 0.3) is 0 Å². The van der Waals surface area contributed by atoms with E-state index in [0.717, 1.165) is 38.1 Å². The molecule has 5 aromatic carbocycles. The van der Waals surface area contributed by atoms with Gasteiger partial charge in [-0.2, -0.15) is 0 Å². The number of nitrogens with zero attached hydrogens (tertiary/aromatic N) is 2. The SMILES string of the molecule is COc1cc([C@H]2N(Cc3ccccc3)c3ccccc3C(=O)N2c2ccc(C)cc2)cc(Br)c1OCc1ccccc1. The molecule has 0 bridgehead atoms. The van der Waals surface area contributed by atoms with Crippen LogP contribution >= 0.6 is 15.9 Å². The second kappa shape index (κ2) is 12.1. The number of halogens is 1. The van der Waals surface area contributed by atoms with Crippen molar-refractivity contribution in [2.45, 2.75) is 26.2 Å². The number of hydrogen-bond donors (Lipinski definition) is 0. The number of anilines is 2. The lowest BCUT2D eigenvalue weighted by atomic mass is 9.98. The predicted octanol–water partition coefficient (Wildman–Crippen LogP) is 8.71. The minimum atomic E-state index is -0.455. The van der Waals surface area contributed by atoms with Crippen LogP contribution < -0.4 is 19.3 Å². The van der Waals surface area contributed by atoms with Crippen LogP contribution in [-0.4, -0.2) is 13.0 Å². The zero-order valence-electron chi connectivity index (χ0n) is 23.5. The van der Waals surface area contributed by atoms with Gasteiger partial charge in [-0.25, -0.2) is 0 Å². The molecule has 0 fully saturated rings. The normalized spacial score (nSPS) is 14.5. The summed E-state index contributed by atoms with van der Waals surface area (Å²) in [6.45, 7) is 3.05. The first kappa shape index (κ1) is 27.6. The topological polar surface area (TPSA) is 42.0 Å². The monoisotopic (exact) mass is 618 g/mol. The van der Waals surface area contributed by atoms with Gasteiger partial charge in [0.1, 0.15) is 12.8 Å². The average molecular weight is 620 g/mol. The highest BCUT2D eigenvalue weighted by Crippen LogP contribution is 2.46. The Hall–Kier alpha value is -4.55. The molecule has 5 nitrogen and oxygen atoms in total. The molecular formula is C36H31BrN2O3. The first-order valence-electron chi connectivity index (χ1n) is 13.9. The van der Waals surface area contributed by atoms with Crippen molar-refractivity contribution >= 4 is 33.2 Å². The van der Waals surface area contributed by atoms with Crippen molar-refractivity contribution in [1.29, 1.82) is 0 Å². The zero-order valence-corrected chi connectivity index (χ0v) is 25.1. The molecule has 0 saturated heterocycles. The van der Waals surface area contributed by atoms with E-state index in [2.05, 4.69) is 33.0 Å². The molecule has 1 atom stereocenters.